The van der Waals surface area contributed by atoms with Crippen LogP contribution in [0.25, 0.3) is 0 Å². The van der Waals surface area contributed by atoms with E-state index >= 15 is 0 Å². The molecule has 0 aliphatic heterocycles. The summed E-state index contributed by atoms with van der Waals surface area (Å²) in [4.78, 5) is 11.9. The zero-order chi connectivity index (χ0) is 15.8. The topological polar surface area (TPSA) is 38.3 Å². The minimum Gasteiger partial charge on any atom is -0.497 e. The fraction of sp³-hybridized carbons (Fsp3) is 0.278. The van der Waals surface area contributed by atoms with Gasteiger partial charge >= 0.3 is 0 Å². The number of methoxy groups -OCH3 is 1. The van der Waals surface area contributed by atoms with E-state index in [1.807, 2.05) is 36.4 Å². The minimum atomic E-state index is -0.00116. The molecule has 0 aromatic heterocycles. The van der Waals surface area contributed by atoms with Gasteiger partial charge in [-0.05, 0) is 42.2 Å². The van der Waals surface area contributed by atoms with Crippen molar-refractivity contribution in [2.45, 2.75) is 19.3 Å². The highest BCUT2D eigenvalue weighted by Gasteiger charge is 2.06. The van der Waals surface area contributed by atoms with Gasteiger partial charge in [-0.3, -0.25) is 4.79 Å². The third kappa shape index (κ3) is 5.08. The average molecular weight is 318 g/mol. The van der Waals surface area contributed by atoms with Gasteiger partial charge in [-0.15, -0.1) is 0 Å². The highest BCUT2D eigenvalue weighted by atomic mass is 35.5. The molecule has 0 aliphatic carbocycles. The molecule has 1 amide bonds. The number of aryl methyl sites for hydroxylation is 1. The van der Waals surface area contributed by atoms with Crippen LogP contribution in [0.5, 0.6) is 5.75 Å². The Kier molecular flexibility index (Phi) is 6.28. The Labute approximate surface area is 136 Å². The molecule has 0 fully saturated rings. The average Bonchev–Trinajstić information content (AvgIpc) is 2.54. The molecule has 2 aromatic carbocycles. The van der Waals surface area contributed by atoms with Crippen molar-refractivity contribution in [2.75, 3.05) is 13.7 Å². The number of amides is 1. The molecule has 2 aromatic rings. The van der Waals surface area contributed by atoms with Gasteiger partial charge in [0.15, 0.2) is 0 Å². The van der Waals surface area contributed by atoms with Crippen LogP contribution in [0.1, 0.15) is 17.5 Å². The zero-order valence-corrected chi connectivity index (χ0v) is 13.4. The van der Waals surface area contributed by atoms with Crippen LogP contribution in [0.3, 0.4) is 0 Å². The maximum atomic E-state index is 11.9. The van der Waals surface area contributed by atoms with E-state index in [2.05, 4.69) is 11.4 Å². The summed E-state index contributed by atoms with van der Waals surface area (Å²) in [5.74, 6) is 0.860. The summed E-state index contributed by atoms with van der Waals surface area (Å²) in [7, 11) is 1.66. The van der Waals surface area contributed by atoms with Crippen LogP contribution < -0.4 is 10.1 Å². The highest BCUT2D eigenvalue weighted by molar-refractivity contribution is 6.31. The molecule has 4 heteroatoms. The lowest BCUT2D eigenvalue weighted by Crippen LogP contribution is -2.26. The van der Waals surface area contributed by atoms with Crippen LogP contribution in [0.2, 0.25) is 5.02 Å². The van der Waals surface area contributed by atoms with E-state index in [-0.39, 0.29) is 5.91 Å². The first-order chi connectivity index (χ1) is 10.7. The Morgan fingerprint density at radius 2 is 2.00 bits per heavy atom. The lowest BCUT2D eigenvalue weighted by atomic mass is 10.1. The molecule has 3 nitrogen and oxygen atoms in total. The molecule has 116 valence electrons. The lowest BCUT2D eigenvalue weighted by Gasteiger charge is -2.07. The molecule has 0 atom stereocenters. The van der Waals surface area contributed by atoms with Gasteiger partial charge in [0.1, 0.15) is 5.75 Å². The highest BCUT2D eigenvalue weighted by Crippen LogP contribution is 2.15. The Bertz CT molecular complexity index is 628. The van der Waals surface area contributed by atoms with Crippen molar-refractivity contribution in [3.05, 3.63) is 64.7 Å². The van der Waals surface area contributed by atoms with Gasteiger partial charge in [0.2, 0.25) is 5.91 Å². The van der Waals surface area contributed by atoms with Crippen molar-refractivity contribution < 1.29 is 9.53 Å². The molecule has 0 saturated carbocycles. The summed E-state index contributed by atoms with van der Waals surface area (Å²) in [5, 5.41) is 3.56. The van der Waals surface area contributed by atoms with Crippen molar-refractivity contribution in [3.63, 3.8) is 0 Å². The molecular weight excluding hydrogens is 298 g/mol. The molecule has 0 unspecified atom stereocenters. The Hall–Kier alpha value is -2.00. The normalized spacial score (nSPS) is 10.3. The first-order valence-electron chi connectivity index (χ1n) is 7.32. The molecule has 2 rings (SSSR count). The van der Waals surface area contributed by atoms with E-state index in [4.69, 9.17) is 16.3 Å². The van der Waals surface area contributed by atoms with E-state index in [1.54, 1.807) is 13.2 Å². The molecule has 0 spiro atoms. The van der Waals surface area contributed by atoms with E-state index in [0.29, 0.717) is 18.0 Å². The van der Waals surface area contributed by atoms with Crippen LogP contribution >= 0.6 is 11.6 Å². The number of nitrogens with one attached hydrogen (secondary N) is 1. The second-order valence-corrected chi connectivity index (χ2v) is 5.48. The van der Waals surface area contributed by atoms with Gasteiger partial charge < -0.3 is 10.1 Å². The quantitative estimate of drug-likeness (QED) is 0.792. The third-order valence-corrected chi connectivity index (χ3v) is 3.78. The van der Waals surface area contributed by atoms with Crippen LogP contribution in [-0.2, 0) is 17.6 Å². The first-order valence-corrected chi connectivity index (χ1v) is 7.70. The smallest absolute Gasteiger partial charge is 0.224 e. The summed E-state index contributed by atoms with van der Waals surface area (Å²) >= 11 is 6.05. The molecular formula is C18H20ClNO2. The summed E-state index contributed by atoms with van der Waals surface area (Å²) in [6.45, 7) is 0.653. The predicted molar refractivity (Wildman–Crippen MR) is 89.5 cm³/mol. The number of halogens is 1. The summed E-state index contributed by atoms with van der Waals surface area (Å²) in [6, 6.07) is 15.4. The van der Waals surface area contributed by atoms with Gasteiger partial charge in [0.05, 0.1) is 13.5 Å². The fourth-order valence-electron chi connectivity index (χ4n) is 2.23. The van der Waals surface area contributed by atoms with E-state index in [1.165, 1.54) is 5.56 Å². The Balaban J connectivity index is 1.72. The van der Waals surface area contributed by atoms with Crippen molar-refractivity contribution >= 4 is 17.5 Å². The molecule has 1 N–H and O–H groups in total. The monoisotopic (exact) mass is 317 g/mol. The number of carbonyl (C=O) groups excluding carboxylic acids is 1. The van der Waals surface area contributed by atoms with Crippen LogP contribution in [0.4, 0.5) is 0 Å². The number of rotatable bonds is 7. The number of ether oxygens (including phenoxy) is 1. The largest absolute Gasteiger partial charge is 0.497 e. The van der Waals surface area contributed by atoms with Crippen molar-refractivity contribution in [2.24, 2.45) is 0 Å². The molecule has 0 radical (unpaired) electrons. The molecule has 22 heavy (non-hydrogen) atoms. The van der Waals surface area contributed by atoms with E-state index in [9.17, 15) is 4.79 Å². The van der Waals surface area contributed by atoms with Gasteiger partial charge in [0, 0.05) is 11.6 Å². The van der Waals surface area contributed by atoms with Crippen molar-refractivity contribution in [3.8, 4) is 5.75 Å². The maximum Gasteiger partial charge on any atom is 0.224 e. The van der Waals surface area contributed by atoms with Gasteiger partial charge in [-0.2, -0.15) is 0 Å². The number of hydrogen-bond acceptors (Lipinski definition) is 2. The fourth-order valence-corrected chi connectivity index (χ4v) is 2.43. The van der Waals surface area contributed by atoms with Crippen molar-refractivity contribution in [1.82, 2.24) is 5.32 Å². The molecule has 0 aliphatic rings. The summed E-state index contributed by atoms with van der Waals surface area (Å²) in [6.07, 6.45) is 2.11. The zero-order valence-electron chi connectivity index (χ0n) is 12.6. The van der Waals surface area contributed by atoms with E-state index in [0.717, 1.165) is 24.2 Å². The third-order valence-electron chi connectivity index (χ3n) is 3.41. The molecule has 0 heterocycles. The van der Waals surface area contributed by atoms with Gasteiger partial charge in [0.25, 0.3) is 0 Å². The second kappa shape index (κ2) is 8.44. The predicted octanol–water partition coefficient (Wildman–Crippen LogP) is 3.64. The number of hydrogen-bond donors (Lipinski definition) is 1. The Morgan fingerprint density at radius 1 is 1.18 bits per heavy atom. The van der Waals surface area contributed by atoms with Crippen LogP contribution in [0.15, 0.2) is 48.5 Å². The minimum absolute atomic E-state index is 0.00116. The maximum absolute atomic E-state index is 11.9. The van der Waals surface area contributed by atoms with Gasteiger partial charge in [-0.1, -0.05) is 41.9 Å². The first kappa shape index (κ1) is 16.4. The SMILES string of the molecule is COc1cccc(CCCNC(=O)Cc2ccccc2Cl)c1. The Morgan fingerprint density at radius 3 is 2.77 bits per heavy atom. The molecule has 0 bridgehead atoms. The summed E-state index contributed by atoms with van der Waals surface area (Å²) in [5.41, 5.74) is 2.06. The van der Waals surface area contributed by atoms with Crippen molar-refractivity contribution in [1.29, 1.82) is 0 Å². The molecule has 0 saturated heterocycles. The van der Waals surface area contributed by atoms with E-state index < -0.39 is 0 Å². The number of benzene rings is 2. The lowest BCUT2D eigenvalue weighted by molar-refractivity contribution is -0.120. The number of carbonyl (C=O) groups is 1. The van der Waals surface area contributed by atoms with Crippen LogP contribution in [0, 0.1) is 0 Å². The second-order valence-electron chi connectivity index (χ2n) is 5.07. The summed E-state index contributed by atoms with van der Waals surface area (Å²) < 4.78 is 5.19. The van der Waals surface area contributed by atoms with Gasteiger partial charge in [-0.25, -0.2) is 0 Å². The standard InChI is InChI=1S/C18H20ClNO2/c1-22-16-9-4-6-14(12-16)7-5-11-20-18(21)13-15-8-2-3-10-17(15)19/h2-4,6,8-10,12H,5,7,11,13H2,1H3,(H,20,21). The van der Waals surface area contributed by atoms with Crippen LogP contribution in [-0.4, -0.2) is 19.6 Å².